The van der Waals surface area contributed by atoms with Gasteiger partial charge in [0.2, 0.25) is 0 Å². The van der Waals surface area contributed by atoms with Gasteiger partial charge in [0.15, 0.2) is 0 Å². The van der Waals surface area contributed by atoms with E-state index in [1.165, 1.54) is 38.5 Å². The van der Waals surface area contributed by atoms with Crippen LogP contribution in [0, 0.1) is 5.41 Å². The van der Waals surface area contributed by atoms with Crippen LogP contribution in [0.3, 0.4) is 0 Å². The molecular weight excluding hydrogens is 287 g/mol. The smallest absolute Gasteiger partial charge is 0.303 e. The molecule has 0 heterocycles. The monoisotopic (exact) mass is 320 g/mol. The topological polar surface area (TPSA) is 66.8 Å². The fraction of sp³-hybridized carbons (Fsp3) is 1.00. The Labute approximate surface area is 129 Å². The van der Waals surface area contributed by atoms with Crippen molar-refractivity contribution in [1.82, 2.24) is 0 Å². The summed E-state index contributed by atoms with van der Waals surface area (Å²) in [4.78, 5) is 18.5. The molecule has 0 unspecified atom stereocenters. The first-order valence-corrected chi connectivity index (χ1v) is 9.91. The average molecular weight is 320 g/mol. The molecule has 1 aliphatic carbocycles. The van der Waals surface area contributed by atoms with Gasteiger partial charge in [0.1, 0.15) is 0 Å². The molecule has 126 valence electrons. The molecule has 0 spiro atoms. The lowest BCUT2D eigenvalue weighted by Crippen LogP contribution is -2.34. The Bertz CT molecular complexity index is 350. The average Bonchev–Trinajstić information content (AvgIpc) is 2.28. The molecule has 1 fully saturated rings. The molecule has 0 aromatic rings. The SMILES string of the molecule is CC1(C)CCCCCCCCCC[C@@](C)(OP(=O)(O)O)C1. The molecule has 0 amide bonds. The van der Waals surface area contributed by atoms with Crippen molar-refractivity contribution in [3.8, 4) is 0 Å². The van der Waals surface area contributed by atoms with Crippen molar-refractivity contribution < 1.29 is 18.9 Å². The van der Waals surface area contributed by atoms with E-state index in [0.29, 0.717) is 6.42 Å². The second-order valence-electron chi connectivity index (χ2n) is 7.70. The molecule has 0 aromatic heterocycles. The summed E-state index contributed by atoms with van der Waals surface area (Å²) >= 11 is 0. The van der Waals surface area contributed by atoms with Crippen LogP contribution in [0.4, 0.5) is 0 Å². The molecule has 0 aliphatic heterocycles. The number of hydrogen-bond acceptors (Lipinski definition) is 2. The van der Waals surface area contributed by atoms with E-state index in [4.69, 9.17) is 4.52 Å². The summed E-state index contributed by atoms with van der Waals surface area (Å²) in [5, 5.41) is 0. The molecule has 21 heavy (non-hydrogen) atoms. The molecular formula is C16H33O4P. The second kappa shape index (κ2) is 8.10. The minimum absolute atomic E-state index is 0.0535. The number of hydrogen-bond donors (Lipinski definition) is 2. The Morgan fingerprint density at radius 1 is 0.810 bits per heavy atom. The van der Waals surface area contributed by atoms with Gasteiger partial charge >= 0.3 is 7.82 Å². The van der Waals surface area contributed by atoms with Crippen LogP contribution in [0.25, 0.3) is 0 Å². The van der Waals surface area contributed by atoms with Gasteiger partial charge in [-0.1, -0.05) is 65.2 Å². The van der Waals surface area contributed by atoms with E-state index in [9.17, 15) is 14.4 Å². The number of phosphoric acid groups is 1. The number of rotatable bonds is 2. The summed E-state index contributed by atoms with van der Waals surface area (Å²) in [6.07, 6.45) is 12.2. The van der Waals surface area contributed by atoms with E-state index in [2.05, 4.69) is 13.8 Å². The van der Waals surface area contributed by atoms with Crippen LogP contribution in [0.15, 0.2) is 0 Å². The van der Waals surface area contributed by atoms with Crippen LogP contribution in [-0.2, 0) is 9.09 Å². The summed E-state index contributed by atoms with van der Waals surface area (Å²) in [7, 11) is -4.44. The van der Waals surface area contributed by atoms with Crippen molar-refractivity contribution in [2.75, 3.05) is 0 Å². The van der Waals surface area contributed by atoms with Crippen molar-refractivity contribution >= 4 is 7.82 Å². The maximum atomic E-state index is 11.3. The molecule has 0 bridgehead atoms. The Balaban J connectivity index is 2.76. The van der Waals surface area contributed by atoms with Crippen molar-refractivity contribution in [2.45, 2.75) is 97.0 Å². The van der Waals surface area contributed by atoms with Gasteiger partial charge in [-0.25, -0.2) is 4.57 Å². The van der Waals surface area contributed by atoms with Gasteiger partial charge in [0.05, 0.1) is 5.60 Å². The maximum absolute atomic E-state index is 11.3. The molecule has 1 aliphatic rings. The van der Waals surface area contributed by atoms with Crippen molar-refractivity contribution in [2.24, 2.45) is 5.41 Å². The zero-order chi connectivity index (χ0) is 16.0. The Morgan fingerprint density at radius 3 is 1.71 bits per heavy atom. The lowest BCUT2D eigenvalue weighted by Gasteiger charge is -2.37. The van der Waals surface area contributed by atoms with Crippen molar-refractivity contribution in [1.29, 1.82) is 0 Å². The Morgan fingerprint density at radius 2 is 1.24 bits per heavy atom. The summed E-state index contributed by atoms with van der Waals surface area (Å²) < 4.78 is 16.5. The lowest BCUT2D eigenvalue weighted by molar-refractivity contribution is 0.00150. The Kier molecular flexibility index (Phi) is 7.39. The van der Waals surface area contributed by atoms with Gasteiger partial charge < -0.3 is 9.79 Å². The second-order valence-corrected chi connectivity index (χ2v) is 8.86. The van der Waals surface area contributed by atoms with Crippen LogP contribution >= 0.6 is 7.82 Å². The maximum Gasteiger partial charge on any atom is 0.470 e. The van der Waals surface area contributed by atoms with Gasteiger partial charge in [-0.2, -0.15) is 0 Å². The highest BCUT2D eigenvalue weighted by atomic mass is 31.2. The van der Waals surface area contributed by atoms with Gasteiger partial charge in [-0.05, 0) is 31.6 Å². The summed E-state index contributed by atoms with van der Waals surface area (Å²) in [5.74, 6) is 0. The molecule has 1 atom stereocenters. The zero-order valence-corrected chi connectivity index (χ0v) is 14.8. The fourth-order valence-electron chi connectivity index (χ4n) is 3.72. The predicted molar refractivity (Wildman–Crippen MR) is 86.1 cm³/mol. The summed E-state index contributed by atoms with van der Waals surface area (Å²) in [6, 6.07) is 0. The molecule has 1 saturated carbocycles. The third-order valence-corrected chi connectivity index (χ3v) is 5.18. The normalized spacial score (nSPS) is 30.0. The van der Waals surface area contributed by atoms with E-state index >= 15 is 0 Å². The molecule has 4 nitrogen and oxygen atoms in total. The number of phosphoric ester groups is 1. The van der Waals surface area contributed by atoms with Crippen LogP contribution in [0.2, 0.25) is 0 Å². The Hall–Kier alpha value is 0.110. The van der Waals surface area contributed by atoms with Gasteiger partial charge in [-0.15, -0.1) is 0 Å². The molecule has 0 saturated heterocycles. The standard InChI is InChI=1S/C16H33O4P/c1-15(2)12-10-8-6-4-5-7-9-11-13-16(3,14-15)20-21(17,18)19/h4-14H2,1-3H3,(H2,17,18,19)/t16-/m1/s1. The third-order valence-electron chi connectivity index (χ3n) is 4.50. The fourth-order valence-corrected chi connectivity index (χ4v) is 4.45. The van der Waals surface area contributed by atoms with Crippen molar-refractivity contribution in [3.63, 3.8) is 0 Å². The van der Waals surface area contributed by atoms with E-state index < -0.39 is 13.4 Å². The van der Waals surface area contributed by atoms with Gasteiger partial charge in [0, 0.05) is 0 Å². The zero-order valence-electron chi connectivity index (χ0n) is 13.9. The van der Waals surface area contributed by atoms with Crippen LogP contribution < -0.4 is 0 Å². The highest BCUT2D eigenvalue weighted by Gasteiger charge is 2.37. The molecule has 0 aromatic carbocycles. The molecule has 0 radical (unpaired) electrons. The molecule has 2 N–H and O–H groups in total. The van der Waals surface area contributed by atoms with Gasteiger partial charge in [-0.3, -0.25) is 4.52 Å². The highest BCUT2D eigenvalue weighted by molar-refractivity contribution is 7.46. The molecule has 5 heteroatoms. The highest BCUT2D eigenvalue weighted by Crippen LogP contribution is 2.48. The van der Waals surface area contributed by atoms with E-state index in [1.54, 1.807) is 0 Å². The van der Waals surface area contributed by atoms with E-state index in [0.717, 1.165) is 25.7 Å². The first-order valence-electron chi connectivity index (χ1n) is 8.38. The lowest BCUT2D eigenvalue weighted by atomic mass is 9.76. The minimum Gasteiger partial charge on any atom is -0.303 e. The van der Waals surface area contributed by atoms with Crippen LogP contribution in [0.1, 0.15) is 91.4 Å². The van der Waals surface area contributed by atoms with Gasteiger partial charge in [0.25, 0.3) is 0 Å². The first kappa shape index (κ1) is 19.2. The van der Waals surface area contributed by atoms with E-state index in [1.807, 2.05) is 6.92 Å². The van der Waals surface area contributed by atoms with Crippen LogP contribution in [-0.4, -0.2) is 15.4 Å². The quantitative estimate of drug-likeness (QED) is 0.687. The third kappa shape index (κ3) is 8.97. The van der Waals surface area contributed by atoms with E-state index in [-0.39, 0.29) is 5.41 Å². The first-order chi connectivity index (χ1) is 9.62. The van der Waals surface area contributed by atoms with Crippen LogP contribution in [0.5, 0.6) is 0 Å². The summed E-state index contributed by atoms with van der Waals surface area (Å²) in [5.41, 5.74) is -0.672. The largest absolute Gasteiger partial charge is 0.470 e. The predicted octanol–water partition coefficient (Wildman–Crippen LogP) is 5.19. The van der Waals surface area contributed by atoms with Crippen molar-refractivity contribution in [3.05, 3.63) is 0 Å². The summed E-state index contributed by atoms with van der Waals surface area (Å²) in [6.45, 7) is 6.25. The minimum atomic E-state index is -4.44. The molecule has 1 rings (SSSR count).